The molecule has 1 aliphatic heterocycles. The predicted octanol–water partition coefficient (Wildman–Crippen LogP) is 2.22. The first-order valence-electron chi connectivity index (χ1n) is 5.96. The zero-order valence-corrected chi connectivity index (χ0v) is 10.6. The Morgan fingerprint density at radius 3 is 2.53 bits per heavy atom. The van der Waals surface area contributed by atoms with Gasteiger partial charge in [0.25, 0.3) is 0 Å². The number of hydrogen-bond donors (Lipinski definition) is 1. The summed E-state index contributed by atoms with van der Waals surface area (Å²) in [5.74, 6) is 5.48. The lowest BCUT2D eigenvalue weighted by Crippen LogP contribution is -2.44. The van der Waals surface area contributed by atoms with Crippen LogP contribution in [0.2, 0.25) is 0 Å². The van der Waals surface area contributed by atoms with Gasteiger partial charge in [-0.3, -0.25) is 4.90 Å². The van der Waals surface area contributed by atoms with Gasteiger partial charge in [0.15, 0.2) is 0 Å². The van der Waals surface area contributed by atoms with Crippen LogP contribution in [0.5, 0.6) is 0 Å². The Kier molecular flexibility index (Phi) is 4.14. The smallest absolute Gasteiger partial charge is 0.0569 e. The normalized spacial score (nSPS) is 25.6. The molecule has 0 amide bonds. The maximum atomic E-state index is 5.48. The van der Waals surface area contributed by atoms with Crippen LogP contribution in [0.15, 0.2) is 5.10 Å². The highest BCUT2D eigenvalue weighted by Crippen LogP contribution is 2.21. The number of hydrazone groups is 1. The average molecular weight is 211 g/mol. The van der Waals surface area contributed by atoms with Crippen molar-refractivity contribution in [3.8, 4) is 0 Å². The standard InChI is InChI=1S/C12H25N3/c1-10-7-5-6-8-15(10)9-11(14-13)12(2,3)4/h10H,5-9,13H2,1-4H3/b14-11-. The first-order chi connectivity index (χ1) is 6.95. The molecule has 1 atom stereocenters. The second kappa shape index (κ2) is 4.97. The third-order valence-electron chi connectivity index (χ3n) is 3.32. The van der Waals surface area contributed by atoms with Crippen LogP contribution in [-0.4, -0.2) is 29.7 Å². The number of likely N-dealkylation sites (tertiary alicyclic amines) is 1. The van der Waals surface area contributed by atoms with Gasteiger partial charge in [-0.2, -0.15) is 5.10 Å². The first-order valence-corrected chi connectivity index (χ1v) is 5.96. The number of nitrogens with two attached hydrogens (primary N) is 1. The quantitative estimate of drug-likeness (QED) is 0.432. The fourth-order valence-electron chi connectivity index (χ4n) is 2.06. The molecule has 3 nitrogen and oxygen atoms in total. The molecule has 0 radical (unpaired) electrons. The maximum absolute atomic E-state index is 5.48. The summed E-state index contributed by atoms with van der Waals surface area (Å²) in [6.07, 6.45) is 3.98. The fraction of sp³-hybridized carbons (Fsp3) is 0.917. The van der Waals surface area contributed by atoms with Gasteiger partial charge in [-0.15, -0.1) is 0 Å². The maximum Gasteiger partial charge on any atom is 0.0569 e. The number of rotatable bonds is 2. The van der Waals surface area contributed by atoms with E-state index in [9.17, 15) is 0 Å². The summed E-state index contributed by atoms with van der Waals surface area (Å²) < 4.78 is 0. The third kappa shape index (κ3) is 3.49. The highest BCUT2D eigenvalue weighted by molar-refractivity contribution is 5.90. The molecule has 0 aromatic carbocycles. The average Bonchev–Trinajstić information content (AvgIpc) is 2.14. The van der Waals surface area contributed by atoms with Crippen molar-refractivity contribution in [2.45, 2.75) is 53.0 Å². The second-order valence-electron chi connectivity index (χ2n) is 5.64. The third-order valence-corrected chi connectivity index (χ3v) is 3.32. The Labute approximate surface area is 93.7 Å². The van der Waals surface area contributed by atoms with Crippen LogP contribution in [0.1, 0.15) is 47.0 Å². The lowest BCUT2D eigenvalue weighted by atomic mass is 9.89. The molecular weight excluding hydrogens is 186 g/mol. The molecule has 0 aromatic heterocycles. The molecule has 0 aromatic rings. The van der Waals surface area contributed by atoms with E-state index in [0.717, 1.165) is 12.3 Å². The van der Waals surface area contributed by atoms with Gasteiger partial charge >= 0.3 is 0 Å². The summed E-state index contributed by atoms with van der Waals surface area (Å²) in [4.78, 5) is 2.50. The molecule has 3 heteroatoms. The van der Waals surface area contributed by atoms with E-state index < -0.39 is 0 Å². The Morgan fingerprint density at radius 1 is 1.40 bits per heavy atom. The zero-order chi connectivity index (χ0) is 11.5. The summed E-state index contributed by atoms with van der Waals surface area (Å²) >= 11 is 0. The minimum absolute atomic E-state index is 0.0892. The van der Waals surface area contributed by atoms with E-state index in [1.807, 2.05) is 0 Å². The van der Waals surface area contributed by atoms with E-state index in [2.05, 4.69) is 37.7 Å². The van der Waals surface area contributed by atoms with Crippen molar-refractivity contribution in [3.63, 3.8) is 0 Å². The lowest BCUT2D eigenvalue weighted by Gasteiger charge is -2.35. The van der Waals surface area contributed by atoms with Crippen LogP contribution < -0.4 is 5.84 Å². The zero-order valence-electron chi connectivity index (χ0n) is 10.6. The molecule has 1 unspecified atom stereocenters. The summed E-state index contributed by atoms with van der Waals surface area (Å²) in [6, 6.07) is 0.679. The number of hydrogen-bond acceptors (Lipinski definition) is 3. The molecule has 15 heavy (non-hydrogen) atoms. The molecule has 0 spiro atoms. The fourth-order valence-corrected chi connectivity index (χ4v) is 2.06. The molecule has 0 aliphatic carbocycles. The van der Waals surface area contributed by atoms with Crippen LogP contribution >= 0.6 is 0 Å². The van der Waals surface area contributed by atoms with E-state index in [0.29, 0.717) is 6.04 Å². The molecule has 0 bridgehead atoms. The van der Waals surface area contributed by atoms with E-state index in [4.69, 9.17) is 5.84 Å². The van der Waals surface area contributed by atoms with Crippen LogP contribution in [0.25, 0.3) is 0 Å². The van der Waals surface area contributed by atoms with Crippen LogP contribution in [0.3, 0.4) is 0 Å². The lowest BCUT2D eigenvalue weighted by molar-refractivity contribution is 0.181. The Balaban J connectivity index is 2.59. The summed E-state index contributed by atoms with van der Waals surface area (Å²) in [7, 11) is 0. The van der Waals surface area contributed by atoms with Crippen LogP contribution in [-0.2, 0) is 0 Å². The predicted molar refractivity (Wildman–Crippen MR) is 66.0 cm³/mol. The monoisotopic (exact) mass is 211 g/mol. The molecule has 1 saturated heterocycles. The van der Waals surface area contributed by atoms with Gasteiger partial charge in [-0.25, -0.2) is 0 Å². The van der Waals surface area contributed by atoms with Gasteiger partial charge in [-0.1, -0.05) is 27.2 Å². The van der Waals surface area contributed by atoms with Crippen molar-refractivity contribution in [2.75, 3.05) is 13.1 Å². The molecule has 1 rings (SSSR count). The molecule has 1 aliphatic rings. The molecule has 1 fully saturated rings. The van der Waals surface area contributed by atoms with E-state index >= 15 is 0 Å². The van der Waals surface area contributed by atoms with Crippen molar-refractivity contribution in [3.05, 3.63) is 0 Å². The van der Waals surface area contributed by atoms with Gasteiger partial charge in [0.1, 0.15) is 0 Å². The van der Waals surface area contributed by atoms with Gasteiger partial charge < -0.3 is 5.84 Å². The second-order valence-corrected chi connectivity index (χ2v) is 5.64. The van der Waals surface area contributed by atoms with E-state index in [-0.39, 0.29) is 5.41 Å². The minimum atomic E-state index is 0.0892. The van der Waals surface area contributed by atoms with Gasteiger partial charge in [0.05, 0.1) is 5.71 Å². The van der Waals surface area contributed by atoms with Crippen molar-refractivity contribution < 1.29 is 0 Å². The first kappa shape index (κ1) is 12.5. The Morgan fingerprint density at radius 2 is 2.07 bits per heavy atom. The van der Waals surface area contributed by atoms with Crippen molar-refractivity contribution in [1.82, 2.24) is 4.90 Å². The molecular formula is C12H25N3. The molecule has 0 saturated carbocycles. The highest BCUT2D eigenvalue weighted by Gasteiger charge is 2.25. The van der Waals surface area contributed by atoms with Crippen molar-refractivity contribution in [1.29, 1.82) is 0 Å². The number of piperidine rings is 1. The summed E-state index contributed by atoms with van der Waals surface area (Å²) in [6.45, 7) is 10.9. The highest BCUT2D eigenvalue weighted by atomic mass is 15.2. The minimum Gasteiger partial charge on any atom is -0.323 e. The molecule has 1 heterocycles. The summed E-state index contributed by atoms with van der Waals surface area (Å²) in [5, 5.41) is 3.96. The van der Waals surface area contributed by atoms with E-state index in [1.54, 1.807) is 0 Å². The van der Waals surface area contributed by atoms with Gasteiger partial charge in [0, 0.05) is 18.0 Å². The van der Waals surface area contributed by atoms with Gasteiger partial charge in [0.2, 0.25) is 0 Å². The van der Waals surface area contributed by atoms with Crippen molar-refractivity contribution >= 4 is 5.71 Å². The number of nitrogens with zero attached hydrogens (tertiary/aromatic N) is 2. The van der Waals surface area contributed by atoms with Gasteiger partial charge in [-0.05, 0) is 26.3 Å². The summed E-state index contributed by atoms with van der Waals surface area (Å²) in [5.41, 5.74) is 1.20. The molecule has 2 N–H and O–H groups in total. The van der Waals surface area contributed by atoms with Crippen LogP contribution in [0.4, 0.5) is 0 Å². The largest absolute Gasteiger partial charge is 0.323 e. The Bertz CT molecular complexity index is 228. The molecule has 88 valence electrons. The van der Waals surface area contributed by atoms with E-state index in [1.165, 1.54) is 25.8 Å². The topological polar surface area (TPSA) is 41.6 Å². The Hall–Kier alpha value is -0.570. The van der Waals surface area contributed by atoms with Crippen LogP contribution in [0, 0.1) is 5.41 Å². The van der Waals surface area contributed by atoms with Crippen molar-refractivity contribution in [2.24, 2.45) is 16.4 Å². The SMILES string of the molecule is CC1CCCCN1C/C(=N/N)C(C)(C)C.